The molecule has 6 heteroatoms. The maximum absolute atomic E-state index is 12.2. The maximum Gasteiger partial charge on any atom is 0.291 e. The summed E-state index contributed by atoms with van der Waals surface area (Å²) in [5.74, 6) is -0.898. The number of rotatable bonds is 5. The molecule has 6 nitrogen and oxygen atoms in total. The Kier molecular flexibility index (Phi) is 5.49. The van der Waals surface area contributed by atoms with E-state index in [0.29, 0.717) is 11.1 Å². The van der Waals surface area contributed by atoms with Gasteiger partial charge in [-0.1, -0.05) is 30.3 Å². The van der Waals surface area contributed by atoms with Crippen molar-refractivity contribution < 1.29 is 19.5 Å². The largest absolute Gasteiger partial charge is 0.508 e. The minimum absolute atomic E-state index is 0.0198. The van der Waals surface area contributed by atoms with Gasteiger partial charge in [0, 0.05) is 5.56 Å². The molecule has 0 aliphatic heterocycles. The summed E-state index contributed by atoms with van der Waals surface area (Å²) < 4.78 is 0. The lowest BCUT2D eigenvalue weighted by molar-refractivity contribution is -0.127. The van der Waals surface area contributed by atoms with Gasteiger partial charge in [0.15, 0.2) is 0 Å². The van der Waals surface area contributed by atoms with Crippen LogP contribution in [0.2, 0.25) is 0 Å². The van der Waals surface area contributed by atoms with Gasteiger partial charge in [0.05, 0.1) is 7.11 Å². The fourth-order valence-corrected chi connectivity index (χ4v) is 1.83. The van der Waals surface area contributed by atoms with E-state index in [0.717, 1.165) is 0 Å². The summed E-state index contributed by atoms with van der Waals surface area (Å²) in [6.45, 7) is 0. The van der Waals surface area contributed by atoms with Crippen LogP contribution in [0.3, 0.4) is 0 Å². The number of carbonyl (C=O) groups excluding carboxylic acids is 2. The molecule has 0 unspecified atom stereocenters. The van der Waals surface area contributed by atoms with Crippen molar-refractivity contribution in [1.29, 1.82) is 0 Å². The number of hydroxylamine groups is 1. The number of nitrogens with one attached hydrogen (secondary N) is 2. The lowest BCUT2D eigenvalue weighted by Gasteiger charge is -2.10. The standard InChI is InChI=1S/C17H16N2O4/c1-23-19-17(22)15(11-12-7-9-14(20)10-8-12)18-16(21)13-5-3-2-4-6-13/h2-11,20H,1H3,(H,18,21)(H,19,22)/b15-11-. The fraction of sp³-hybridized carbons (Fsp3) is 0.0588. The van der Waals surface area contributed by atoms with E-state index < -0.39 is 11.8 Å². The van der Waals surface area contributed by atoms with Gasteiger partial charge in [-0.15, -0.1) is 0 Å². The molecule has 0 atom stereocenters. The van der Waals surface area contributed by atoms with Crippen molar-refractivity contribution in [2.75, 3.05) is 7.11 Å². The van der Waals surface area contributed by atoms with E-state index >= 15 is 0 Å². The number of carbonyl (C=O) groups is 2. The highest BCUT2D eigenvalue weighted by atomic mass is 16.6. The van der Waals surface area contributed by atoms with Crippen molar-refractivity contribution in [2.24, 2.45) is 0 Å². The molecular formula is C17H16N2O4. The molecule has 0 saturated carbocycles. The second-order valence-electron chi connectivity index (χ2n) is 4.61. The van der Waals surface area contributed by atoms with Gasteiger partial charge in [-0.05, 0) is 35.9 Å². The third kappa shape index (κ3) is 4.69. The molecular weight excluding hydrogens is 296 g/mol. The highest BCUT2D eigenvalue weighted by Crippen LogP contribution is 2.12. The lowest BCUT2D eigenvalue weighted by Crippen LogP contribution is -2.34. The Morgan fingerprint density at radius 2 is 1.70 bits per heavy atom. The van der Waals surface area contributed by atoms with E-state index in [-0.39, 0.29) is 11.4 Å². The predicted molar refractivity (Wildman–Crippen MR) is 85.1 cm³/mol. The summed E-state index contributed by atoms with van der Waals surface area (Å²) in [4.78, 5) is 28.8. The van der Waals surface area contributed by atoms with E-state index in [1.807, 2.05) is 0 Å². The Bertz CT molecular complexity index is 709. The van der Waals surface area contributed by atoms with E-state index in [1.54, 1.807) is 42.5 Å². The van der Waals surface area contributed by atoms with Crippen molar-refractivity contribution in [2.45, 2.75) is 0 Å². The van der Waals surface area contributed by atoms with Gasteiger partial charge in [0.25, 0.3) is 11.8 Å². The average molecular weight is 312 g/mol. The number of hydrogen-bond acceptors (Lipinski definition) is 4. The molecule has 118 valence electrons. The molecule has 2 aromatic carbocycles. The van der Waals surface area contributed by atoms with Crippen LogP contribution in [0.4, 0.5) is 0 Å². The van der Waals surface area contributed by atoms with Crippen LogP contribution >= 0.6 is 0 Å². The van der Waals surface area contributed by atoms with E-state index in [1.165, 1.54) is 25.3 Å². The highest BCUT2D eigenvalue weighted by molar-refractivity contribution is 6.04. The third-order valence-electron chi connectivity index (χ3n) is 2.93. The molecule has 0 fully saturated rings. The van der Waals surface area contributed by atoms with Crippen LogP contribution < -0.4 is 10.8 Å². The van der Waals surface area contributed by atoms with E-state index in [2.05, 4.69) is 15.6 Å². The van der Waals surface area contributed by atoms with Gasteiger partial charge in [-0.2, -0.15) is 0 Å². The molecule has 0 aliphatic carbocycles. The molecule has 0 aliphatic rings. The molecule has 3 N–H and O–H groups in total. The quantitative estimate of drug-likeness (QED) is 0.581. The minimum atomic E-state index is -0.593. The van der Waals surface area contributed by atoms with Crippen LogP contribution in [0.5, 0.6) is 5.75 Å². The first-order chi connectivity index (χ1) is 11.1. The van der Waals surface area contributed by atoms with Crippen LogP contribution in [0, 0.1) is 0 Å². The van der Waals surface area contributed by atoms with Crippen molar-refractivity contribution in [3.63, 3.8) is 0 Å². The highest BCUT2D eigenvalue weighted by Gasteiger charge is 2.14. The SMILES string of the molecule is CONC(=O)/C(=C/c1ccc(O)cc1)NC(=O)c1ccccc1. The summed E-state index contributed by atoms with van der Waals surface area (Å²) >= 11 is 0. The maximum atomic E-state index is 12.2. The van der Waals surface area contributed by atoms with E-state index in [4.69, 9.17) is 0 Å². The number of benzene rings is 2. The topological polar surface area (TPSA) is 87.7 Å². The first-order valence-corrected chi connectivity index (χ1v) is 6.80. The van der Waals surface area contributed by atoms with Gasteiger partial charge < -0.3 is 10.4 Å². The lowest BCUT2D eigenvalue weighted by atomic mass is 10.1. The van der Waals surface area contributed by atoms with Crippen LogP contribution in [-0.2, 0) is 9.63 Å². The van der Waals surface area contributed by atoms with Gasteiger partial charge in [0.1, 0.15) is 11.4 Å². The van der Waals surface area contributed by atoms with Crippen LogP contribution in [0.15, 0.2) is 60.3 Å². The zero-order chi connectivity index (χ0) is 16.7. The molecule has 0 aromatic heterocycles. The van der Waals surface area contributed by atoms with E-state index in [9.17, 15) is 14.7 Å². The zero-order valence-corrected chi connectivity index (χ0v) is 12.4. The molecule has 0 heterocycles. The molecule has 0 bridgehead atoms. The fourth-order valence-electron chi connectivity index (χ4n) is 1.83. The second kappa shape index (κ2) is 7.77. The normalized spacial score (nSPS) is 10.9. The second-order valence-corrected chi connectivity index (χ2v) is 4.61. The minimum Gasteiger partial charge on any atom is -0.508 e. The van der Waals surface area contributed by atoms with Crippen LogP contribution in [0.25, 0.3) is 6.08 Å². The molecule has 2 aromatic rings. The van der Waals surface area contributed by atoms with Gasteiger partial charge in [-0.25, -0.2) is 5.48 Å². The average Bonchev–Trinajstić information content (AvgIpc) is 2.57. The molecule has 2 amide bonds. The van der Waals surface area contributed by atoms with Crippen molar-refractivity contribution >= 4 is 17.9 Å². The van der Waals surface area contributed by atoms with Crippen molar-refractivity contribution in [3.05, 3.63) is 71.4 Å². The summed E-state index contributed by atoms with van der Waals surface area (Å²) in [5, 5.41) is 11.8. The molecule has 2 rings (SSSR count). The summed E-state index contributed by atoms with van der Waals surface area (Å²) in [7, 11) is 1.30. The van der Waals surface area contributed by atoms with Crippen molar-refractivity contribution in [3.8, 4) is 5.75 Å². The van der Waals surface area contributed by atoms with Crippen molar-refractivity contribution in [1.82, 2.24) is 10.8 Å². The predicted octanol–water partition coefficient (Wildman–Crippen LogP) is 1.84. The summed E-state index contributed by atoms with van der Waals surface area (Å²) in [6, 6.07) is 14.7. The van der Waals surface area contributed by atoms with Crippen LogP contribution in [-0.4, -0.2) is 24.0 Å². The Balaban J connectivity index is 2.25. The first kappa shape index (κ1) is 16.3. The zero-order valence-electron chi connectivity index (χ0n) is 12.4. The smallest absolute Gasteiger partial charge is 0.291 e. The Labute approximate surface area is 133 Å². The summed E-state index contributed by atoms with van der Waals surface area (Å²) in [6.07, 6.45) is 1.48. The molecule has 0 saturated heterocycles. The number of hydrogen-bond donors (Lipinski definition) is 3. The summed E-state index contributed by atoms with van der Waals surface area (Å²) in [5.41, 5.74) is 3.24. The van der Waals surface area contributed by atoms with Gasteiger partial charge in [-0.3, -0.25) is 14.4 Å². The molecule has 23 heavy (non-hydrogen) atoms. The van der Waals surface area contributed by atoms with Gasteiger partial charge >= 0.3 is 0 Å². The number of amides is 2. The Hall–Kier alpha value is -3.12. The number of aromatic hydroxyl groups is 1. The third-order valence-corrected chi connectivity index (χ3v) is 2.93. The molecule has 0 radical (unpaired) electrons. The monoisotopic (exact) mass is 312 g/mol. The van der Waals surface area contributed by atoms with Gasteiger partial charge in [0.2, 0.25) is 0 Å². The van der Waals surface area contributed by atoms with Crippen LogP contribution in [0.1, 0.15) is 15.9 Å². The first-order valence-electron chi connectivity index (χ1n) is 6.80. The number of phenolic OH excluding ortho intramolecular Hbond substituents is 1. The number of phenols is 1. The Morgan fingerprint density at radius 3 is 2.30 bits per heavy atom. The molecule has 0 spiro atoms. The Morgan fingerprint density at radius 1 is 1.04 bits per heavy atom.